The Labute approximate surface area is 123 Å². The molecule has 0 amide bonds. The molecule has 2 aromatic rings. The lowest BCUT2D eigenvalue weighted by molar-refractivity contribution is 1.15. The van der Waals surface area contributed by atoms with Gasteiger partial charge in [0.05, 0.1) is 11.4 Å². The Morgan fingerprint density at radius 2 is 1.55 bits per heavy atom. The molecule has 0 aromatic heterocycles. The fourth-order valence-electron chi connectivity index (χ4n) is 2.33. The van der Waals surface area contributed by atoms with Crippen molar-refractivity contribution in [3.8, 4) is 0 Å². The standard InChI is InChI=1S/C18H15NS/c1-3-15-17(4-2)20-18-13-9-8-12-16(18)19(15)14-10-6-5-7-11-14/h3-13H,1-2H2. The van der Waals surface area contributed by atoms with Crippen molar-refractivity contribution < 1.29 is 0 Å². The Morgan fingerprint density at radius 3 is 2.25 bits per heavy atom. The van der Waals surface area contributed by atoms with Crippen molar-refractivity contribution >= 4 is 23.1 Å². The van der Waals surface area contributed by atoms with Crippen LogP contribution >= 0.6 is 11.8 Å². The van der Waals surface area contributed by atoms with Crippen LogP contribution in [-0.2, 0) is 0 Å². The van der Waals surface area contributed by atoms with Gasteiger partial charge in [0.1, 0.15) is 0 Å². The fraction of sp³-hybridized carbons (Fsp3) is 0. The summed E-state index contributed by atoms with van der Waals surface area (Å²) in [7, 11) is 0. The summed E-state index contributed by atoms with van der Waals surface area (Å²) in [4.78, 5) is 4.59. The Hall–Kier alpha value is -2.19. The van der Waals surface area contributed by atoms with Gasteiger partial charge in [-0.1, -0.05) is 61.3 Å². The normalized spacial score (nSPS) is 13.9. The summed E-state index contributed by atoms with van der Waals surface area (Å²) in [6.07, 6.45) is 3.79. The molecule has 0 radical (unpaired) electrons. The third-order valence-corrected chi connectivity index (χ3v) is 4.37. The molecule has 1 aliphatic heterocycles. The molecule has 2 heteroatoms. The van der Waals surface area contributed by atoms with Crippen molar-refractivity contribution in [1.82, 2.24) is 0 Å². The van der Waals surface area contributed by atoms with E-state index in [-0.39, 0.29) is 0 Å². The second kappa shape index (κ2) is 5.43. The van der Waals surface area contributed by atoms with Crippen LogP contribution in [0.2, 0.25) is 0 Å². The summed E-state index contributed by atoms with van der Waals surface area (Å²) in [5.41, 5.74) is 3.40. The van der Waals surface area contributed by atoms with E-state index >= 15 is 0 Å². The highest BCUT2D eigenvalue weighted by Gasteiger charge is 2.23. The molecule has 1 aliphatic rings. The number of fused-ring (bicyclic) bond motifs is 1. The van der Waals surface area contributed by atoms with E-state index in [9.17, 15) is 0 Å². The Bertz CT molecular complexity index is 686. The van der Waals surface area contributed by atoms with E-state index < -0.39 is 0 Å². The highest BCUT2D eigenvalue weighted by Crippen LogP contribution is 2.47. The predicted octanol–water partition coefficient (Wildman–Crippen LogP) is 5.51. The lowest BCUT2D eigenvalue weighted by Crippen LogP contribution is -2.19. The average Bonchev–Trinajstić information content (AvgIpc) is 2.53. The van der Waals surface area contributed by atoms with Gasteiger partial charge in [-0.25, -0.2) is 0 Å². The summed E-state index contributed by atoms with van der Waals surface area (Å²) in [6.45, 7) is 7.90. The minimum atomic E-state index is 1.08. The molecule has 0 spiro atoms. The molecule has 3 rings (SSSR count). The highest BCUT2D eigenvalue weighted by atomic mass is 32.2. The number of hydrogen-bond donors (Lipinski definition) is 0. The lowest BCUT2D eigenvalue weighted by atomic mass is 10.2. The van der Waals surface area contributed by atoms with Crippen LogP contribution in [0.5, 0.6) is 0 Å². The summed E-state index contributed by atoms with van der Waals surface area (Å²) < 4.78 is 0. The molecule has 0 N–H and O–H groups in total. The van der Waals surface area contributed by atoms with Crippen molar-refractivity contribution in [2.24, 2.45) is 0 Å². The van der Waals surface area contributed by atoms with Crippen molar-refractivity contribution in [2.45, 2.75) is 4.90 Å². The van der Waals surface area contributed by atoms with Gasteiger partial charge >= 0.3 is 0 Å². The second-order valence-corrected chi connectivity index (χ2v) is 5.48. The van der Waals surface area contributed by atoms with Gasteiger partial charge in [-0.05, 0) is 30.3 Å². The van der Waals surface area contributed by atoms with Gasteiger partial charge in [0.15, 0.2) is 0 Å². The number of benzene rings is 2. The van der Waals surface area contributed by atoms with Crippen molar-refractivity contribution in [3.05, 3.63) is 90.5 Å². The van der Waals surface area contributed by atoms with Crippen LogP contribution in [0.15, 0.2) is 95.4 Å². The molecule has 2 aromatic carbocycles. The number of nitrogens with zero attached hydrogens (tertiary/aromatic N) is 1. The number of thioether (sulfide) groups is 1. The first-order valence-electron chi connectivity index (χ1n) is 6.46. The zero-order chi connectivity index (χ0) is 13.9. The van der Waals surface area contributed by atoms with E-state index in [1.54, 1.807) is 11.8 Å². The number of allylic oxidation sites excluding steroid dienone is 2. The molecule has 1 heterocycles. The first-order chi connectivity index (χ1) is 9.85. The van der Waals surface area contributed by atoms with Crippen molar-refractivity contribution in [3.63, 3.8) is 0 Å². The second-order valence-electron chi connectivity index (χ2n) is 4.40. The van der Waals surface area contributed by atoms with Crippen LogP contribution < -0.4 is 4.90 Å². The predicted molar refractivity (Wildman–Crippen MR) is 88.3 cm³/mol. The van der Waals surface area contributed by atoms with Crippen LogP contribution in [-0.4, -0.2) is 0 Å². The molecule has 0 saturated carbocycles. The van der Waals surface area contributed by atoms with Gasteiger partial charge in [-0.2, -0.15) is 0 Å². The monoisotopic (exact) mass is 277 g/mol. The number of anilines is 2. The number of hydrogen-bond acceptors (Lipinski definition) is 2. The Kier molecular flexibility index (Phi) is 3.48. The quantitative estimate of drug-likeness (QED) is 0.727. The number of para-hydroxylation sites is 2. The van der Waals surface area contributed by atoms with E-state index in [0.29, 0.717) is 0 Å². The summed E-state index contributed by atoms with van der Waals surface area (Å²) >= 11 is 1.74. The lowest BCUT2D eigenvalue weighted by Gasteiger charge is -2.33. The maximum Gasteiger partial charge on any atom is 0.0601 e. The van der Waals surface area contributed by atoms with Crippen LogP contribution in [0.3, 0.4) is 0 Å². The Morgan fingerprint density at radius 1 is 0.850 bits per heavy atom. The summed E-state index contributed by atoms with van der Waals surface area (Å²) in [5, 5.41) is 0. The van der Waals surface area contributed by atoms with Gasteiger partial charge in [-0.3, -0.25) is 0 Å². The topological polar surface area (TPSA) is 3.24 Å². The molecule has 0 bridgehead atoms. The summed E-state index contributed by atoms with van der Waals surface area (Å²) in [5.74, 6) is 0. The summed E-state index contributed by atoms with van der Waals surface area (Å²) in [6, 6.07) is 18.7. The molecule has 0 saturated heterocycles. The first-order valence-corrected chi connectivity index (χ1v) is 7.28. The zero-order valence-corrected chi connectivity index (χ0v) is 11.9. The molecule has 0 aliphatic carbocycles. The third-order valence-electron chi connectivity index (χ3n) is 3.21. The number of rotatable bonds is 3. The first kappa shape index (κ1) is 12.8. The molecule has 1 nitrogen and oxygen atoms in total. The smallest absolute Gasteiger partial charge is 0.0601 e. The zero-order valence-electron chi connectivity index (χ0n) is 11.1. The highest BCUT2D eigenvalue weighted by molar-refractivity contribution is 8.03. The molecular formula is C18H15NS. The minimum absolute atomic E-state index is 1.08. The van der Waals surface area contributed by atoms with Gasteiger partial charge in [-0.15, -0.1) is 0 Å². The molecule has 0 unspecified atom stereocenters. The van der Waals surface area contributed by atoms with Crippen molar-refractivity contribution in [1.29, 1.82) is 0 Å². The molecule has 0 fully saturated rings. The molecular weight excluding hydrogens is 262 g/mol. The SMILES string of the molecule is C=CC1=C(C=C)N(c2ccccc2)c2ccccc2S1. The van der Waals surface area contributed by atoms with E-state index in [1.165, 1.54) is 10.6 Å². The van der Waals surface area contributed by atoms with Gasteiger partial charge in [0, 0.05) is 15.5 Å². The average molecular weight is 277 g/mol. The van der Waals surface area contributed by atoms with Crippen LogP contribution in [0, 0.1) is 0 Å². The van der Waals surface area contributed by atoms with E-state index in [2.05, 4.69) is 54.5 Å². The van der Waals surface area contributed by atoms with Crippen LogP contribution in [0.4, 0.5) is 11.4 Å². The third kappa shape index (κ3) is 2.08. The van der Waals surface area contributed by atoms with Gasteiger partial charge in [0.25, 0.3) is 0 Å². The molecule has 0 atom stereocenters. The minimum Gasteiger partial charge on any atom is -0.308 e. The Balaban J connectivity index is 2.24. The van der Waals surface area contributed by atoms with Gasteiger partial charge < -0.3 is 4.90 Å². The molecule has 98 valence electrons. The maximum atomic E-state index is 3.97. The van der Waals surface area contributed by atoms with E-state index in [4.69, 9.17) is 0 Å². The van der Waals surface area contributed by atoms with Crippen LogP contribution in [0.25, 0.3) is 0 Å². The van der Waals surface area contributed by atoms with Crippen molar-refractivity contribution in [2.75, 3.05) is 4.90 Å². The van der Waals surface area contributed by atoms with Crippen LogP contribution in [0.1, 0.15) is 0 Å². The molecule has 20 heavy (non-hydrogen) atoms. The maximum absolute atomic E-state index is 3.97. The van der Waals surface area contributed by atoms with E-state index in [0.717, 1.165) is 16.3 Å². The fourth-order valence-corrected chi connectivity index (χ4v) is 3.34. The van der Waals surface area contributed by atoms with E-state index in [1.807, 2.05) is 30.4 Å². The van der Waals surface area contributed by atoms with Gasteiger partial charge in [0.2, 0.25) is 0 Å². The largest absolute Gasteiger partial charge is 0.308 e.